The Labute approximate surface area is 112 Å². The van der Waals surface area contributed by atoms with Gasteiger partial charge >= 0.3 is 0 Å². The summed E-state index contributed by atoms with van der Waals surface area (Å²) in [5.74, 6) is 0.658. The molecule has 0 aromatic heterocycles. The summed E-state index contributed by atoms with van der Waals surface area (Å²) in [7, 11) is 0. The normalized spacial score (nSPS) is 13.6. The van der Waals surface area contributed by atoms with Crippen LogP contribution in [0.4, 0.5) is 0 Å². The second-order valence-corrected chi connectivity index (χ2v) is 5.79. The molecule has 1 aromatic rings. The van der Waals surface area contributed by atoms with E-state index in [0.717, 1.165) is 6.54 Å². The maximum atomic E-state index is 6.05. The molecule has 18 heavy (non-hydrogen) atoms. The summed E-state index contributed by atoms with van der Waals surface area (Å²) in [6.45, 7) is 13.0. The van der Waals surface area contributed by atoms with Crippen LogP contribution < -0.4 is 5.73 Å². The van der Waals surface area contributed by atoms with Crippen molar-refractivity contribution in [2.24, 2.45) is 11.7 Å². The van der Waals surface area contributed by atoms with Gasteiger partial charge in [0.1, 0.15) is 0 Å². The molecule has 0 aliphatic heterocycles. The van der Waals surface area contributed by atoms with E-state index in [1.807, 2.05) is 0 Å². The molecular weight excluding hydrogens is 220 g/mol. The summed E-state index contributed by atoms with van der Waals surface area (Å²) >= 11 is 0. The molecule has 2 nitrogen and oxygen atoms in total. The summed E-state index contributed by atoms with van der Waals surface area (Å²) in [6, 6.07) is 9.43. The first-order valence-electron chi connectivity index (χ1n) is 6.98. The fourth-order valence-electron chi connectivity index (χ4n) is 2.52. The van der Waals surface area contributed by atoms with Gasteiger partial charge in [-0.1, -0.05) is 38.1 Å². The van der Waals surface area contributed by atoms with Crippen molar-refractivity contribution < 1.29 is 0 Å². The lowest BCUT2D eigenvalue weighted by molar-refractivity contribution is 0.138. The Hall–Kier alpha value is -0.860. The highest BCUT2D eigenvalue weighted by Gasteiger charge is 2.23. The van der Waals surface area contributed by atoms with Crippen LogP contribution in [-0.4, -0.2) is 24.0 Å². The van der Waals surface area contributed by atoms with E-state index < -0.39 is 0 Å². The Morgan fingerprint density at radius 2 is 1.72 bits per heavy atom. The predicted octanol–water partition coefficient (Wildman–Crippen LogP) is 3.36. The molecule has 0 radical (unpaired) electrons. The highest BCUT2D eigenvalue weighted by molar-refractivity contribution is 5.29. The van der Waals surface area contributed by atoms with Crippen molar-refractivity contribution in [3.05, 3.63) is 35.4 Å². The Balaban J connectivity index is 3.02. The van der Waals surface area contributed by atoms with Crippen LogP contribution in [0.1, 0.15) is 44.9 Å². The number of nitrogens with zero attached hydrogens (tertiary/aromatic N) is 1. The minimum absolute atomic E-state index is 0.327. The highest BCUT2D eigenvalue weighted by Crippen LogP contribution is 2.25. The fraction of sp³-hybridized carbons (Fsp3) is 0.625. The van der Waals surface area contributed by atoms with Crippen LogP contribution >= 0.6 is 0 Å². The van der Waals surface area contributed by atoms with Gasteiger partial charge in [-0.25, -0.2) is 0 Å². The Morgan fingerprint density at radius 1 is 1.11 bits per heavy atom. The molecule has 1 aromatic carbocycles. The summed E-state index contributed by atoms with van der Waals surface area (Å²) in [4.78, 5) is 2.52. The van der Waals surface area contributed by atoms with Gasteiger partial charge in [0.05, 0.1) is 0 Å². The summed E-state index contributed by atoms with van der Waals surface area (Å²) < 4.78 is 0. The number of rotatable bonds is 6. The SMILES string of the molecule is Cc1ccccc1C(CN)N(CC(C)C)C(C)C. The zero-order valence-corrected chi connectivity index (χ0v) is 12.5. The van der Waals surface area contributed by atoms with E-state index in [2.05, 4.69) is 63.8 Å². The Kier molecular flexibility index (Phi) is 5.83. The largest absolute Gasteiger partial charge is 0.329 e. The van der Waals surface area contributed by atoms with Crippen LogP contribution in [0.3, 0.4) is 0 Å². The average molecular weight is 248 g/mol. The molecule has 0 spiro atoms. The van der Waals surface area contributed by atoms with Crippen molar-refractivity contribution in [1.82, 2.24) is 4.90 Å². The molecule has 0 amide bonds. The molecule has 0 bridgehead atoms. The molecule has 2 heteroatoms. The Bertz CT molecular complexity index is 358. The fourth-order valence-corrected chi connectivity index (χ4v) is 2.52. The van der Waals surface area contributed by atoms with Gasteiger partial charge in [0, 0.05) is 25.2 Å². The molecule has 2 N–H and O–H groups in total. The van der Waals surface area contributed by atoms with E-state index in [0.29, 0.717) is 24.5 Å². The second kappa shape index (κ2) is 6.91. The van der Waals surface area contributed by atoms with Gasteiger partial charge in [-0.3, -0.25) is 4.90 Å². The van der Waals surface area contributed by atoms with Crippen molar-refractivity contribution in [1.29, 1.82) is 0 Å². The number of benzene rings is 1. The molecule has 1 rings (SSSR count). The number of aryl methyl sites for hydroxylation is 1. The van der Waals surface area contributed by atoms with E-state index in [4.69, 9.17) is 5.73 Å². The van der Waals surface area contributed by atoms with E-state index >= 15 is 0 Å². The third-order valence-electron chi connectivity index (χ3n) is 3.41. The maximum Gasteiger partial charge on any atom is 0.0475 e. The lowest BCUT2D eigenvalue weighted by atomic mass is 9.98. The number of hydrogen-bond acceptors (Lipinski definition) is 2. The van der Waals surface area contributed by atoms with Gasteiger partial charge < -0.3 is 5.73 Å². The van der Waals surface area contributed by atoms with Crippen LogP contribution in [0.2, 0.25) is 0 Å². The third-order valence-corrected chi connectivity index (χ3v) is 3.41. The summed E-state index contributed by atoms with van der Waals surface area (Å²) in [5, 5.41) is 0. The quantitative estimate of drug-likeness (QED) is 0.836. The summed E-state index contributed by atoms with van der Waals surface area (Å²) in [5.41, 5.74) is 8.75. The van der Waals surface area contributed by atoms with Gasteiger partial charge in [0.2, 0.25) is 0 Å². The number of nitrogens with two attached hydrogens (primary N) is 1. The summed E-state index contributed by atoms with van der Waals surface area (Å²) in [6.07, 6.45) is 0. The molecule has 0 aliphatic carbocycles. The lowest BCUT2D eigenvalue weighted by Crippen LogP contribution is -2.41. The molecule has 0 aliphatic rings. The zero-order valence-electron chi connectivity index (χ0n) is 12.5. The molecule has 0 fully saturated rings. The molecule has 102 valence electrons. The van der Waals surface area contributed by atoms with E-state index in [1.54, 1.807) is 0 Å². The van der Waals surface area contributed by atoms with Crippen LogP contribution in [0.15, 0.2) is 24.3 Å². The molecule has 1 unspecified atom stereocenters. The lowest BCUT2D eigenvalue weighted by Gasteiger charge is -2.36. The van der Waals surface area contributed by atoms with Crippen molar-refractivity contribution in [3.63, 3.8) is 0 Å². The zero-order chi connectivity index (χ0) is 13.7. The van der Waals surface area contributed by atoms with Crippen LogP contribution in [0, 0.1) is 12.8 Å². The van der Waals surface area contributed by atoms with Crippen LogP contribution in [0.5, 0.6) is 0 Å². The van der Waals surface area contributed by atoms with Crippen LogP contribution in [0.25, 0.3) is 0 Å². The van der Waals surface area contributed by atoms with E-state index in [1.165, 1.54) is 11.1 Å². The van der Waals surface area contributed by atoms with E-state index in [-0.39, 0.29) is 0 Å². The number of hydrogen-bond donors (Lipinski definition) is 1. The highest BCUT2D eigenvalue weighted by atomic mass is 15.2. The standard InChI is InChI=1S/C16H28N2/c1-12(2)11-18(13(3)4)16(10-17)15-9-7-6-8-14(15)5/h6-9,12-13,16H,10-11,17H2,1-5H3. The van der Waals surface area contributed by atoms with Gasteiger partial charge in [-0.2, -0.15) is 0 Å². The molecule has 0 saturated heterocycles. The first-order chi connectivity index (χ1) is 8.47. The molecular formula is C16H28N2. The minimum Gasteiger partial charge on any atom is -0.329 e. The first-order valence-corrected chi connectivity index (χ1v) is 6.98. The predicted molar refractivity (Wildman–Crippen MR) is 79.7 cm³/mol. The van der Waals surface area contributed by atoms with Gasteiger partial charge in [0.15, 0.2) is 0 Å². The second-order valence-electron chi connectivity index (χ2n) is 5.79. The van der Waals surface area contributed by atoms with Gasteiger partial charge in [-0.15, -0.1) is 0 Å². The first kappa shape index (κ1) is 15.2. The van der Waals surface area contributed by atoms with Gasteiger partial charge in [0.25, 0.3) is 0 Å². The van der Waals surface area contributed by atoms with Crippen molar-refractivity contribution >= 4 is 0 Å². The van der Waals surface area contributed by atoms with Crippen LogP contribution in [-0.2, 0) is 0 Å². The van der Waals surface area contributed by atoms with Gasteiger partial charge in [-0.05, 0) is 37.8 Å². The minimum atomic E-state index is 0.327. The van der Waals surface area contributed by atoms with E-state index in [9.17, 15) is 0 Å². The van der Waals surface area contributed by atoms with Crippen molar-refractivity contribution in [3.8, 4) is 0 Å². The Morgan fingerprint density at radius 3 is 2.17 bits per heavy atom. The van der Waals surface area contributed by atoms with Crippen molar-refractivity contribution in [2.75, 3.05) is 13.1 Å². The average Bonchev–Trinajstić information content (AvgIpc) is 2.30. The molecule has 0 saturated carbocycles. The molecule has 0 heterocycles. The topological polar surface area (TPSA) is 29.3 Å². The smallest absolute Gasteiger partial charge is 0.0475 e. The van der Waals surface area contributed by atoms with Crippen molar-refractivity contribution in [2.45, 2.75) is 46.7 Å². The molecule has 1 atom stereocenters. The monoisotopic (exact) mass is 248 g/mol. The maximum absolute atomic E-state index is 6.05. The third kappa shape index (κ3) is 3.82.